The highest BCUT2D eigenvalue weighted by Crippen LogP contribution is 2.27. The quantitative estimate of drug-likeness (QED) is 0.606. The van der Waals surface area contributed by atoms with Gasteiger partial charge in [0, 0.05) is 5.39 Å². The molecular weight excluding hydrogens is 404 g/mol. The number of benzene rings is 2. The van der Waals surface area contributed by atoms with E-state index in [0.29, 0.717) is 10.9 Å². The molecule has 3 aromatic rings. The Morgan fingerprint density at radius 3 is 2.29 bits per heavy atom. The van der Waals surface area contributed by atoms with E-state index in [4.69, 9.17) is 0 Å². The molecule has 1 atom stereocenters. The Morgan fingerprint density at radius 2 is 1.64 bits per heavy atom. The number of fused-ring (bicyclic) bond motifs is 1. The average Bonchev–Trinajstić information content (AvgIpc) is 2.98. The number of aromatic nitrogens is 1. The van der Waals surface area contributed by atoms with E-state index in [-0.39, 0.29) is 5.75 Å². The zero-order valence-corrected chi connectivity index (χ0v) is 16.7. The standard InChI is InChI=1S/C18H18N2O6S2/c1-12-7-9-14(10-8-12)27(23,24)28(25,26)19-13(2)18(22)20-11-17(21)15-5-3-4-6-16(15)20/h3-11,13,19,21H,1-2H3/t13-/m0/s1. The van der Waals surface area contributed by atoms with E-state index in [1.54, 1.807) is 31.2 Å². The van der Waals surface area contributed by atoms with Gasteiger partial charge < -0.3 is 5.11 Å². The minimum Gasteiger partial charge on any atom is -0.506 e. The Morgan fingerprint density at radius 1 is 1.04 bits per heavy atom. The molecular formula is C18H18N2O6S2. The Hall–Kier alpha value is -2.69. The topological polar surface area (TPSA) is 123 Å². The van der Waals surface area contributed by atoms with Crippen LogP contribution >= 0.6 is 0 Å². The smallest absolute Gasteiger partial charge is 0.322 e. The fourth-order valence-electron chi connectivity index (χ4n) is 2.71. The molecule has 0 aliphatic rings. The second-order valence-electron chi connectivity index (χ2n) is 6.30. The van der Waals surface area contributed by atoms with Crippen molar-refractivity contribution in [3.8, 4) is 5.75 Å². The van der Waals surface area contributed by atoms with Crippen LogP contribution in [0.5, 0.6) is 5.75 Å². The van der Waals surface area contributed by atoms with Crippen molar-refractivity contribution in [2.24, 2.45) is 0 Å². The number of carbonyl (C=O) groups is 1. The van der Waals surface area contributed by atoms with Crippen LogP contribution < -0.4 is 4.72 Å². The van der Waals surface area contributed by atoms with Crippen molar-refractivity contribution >= 4 is 34.7 Å². The van der Waals surface area contributed by atoms with E-state index in [0.717, 1.165) is 16.3 Å². The molecule has 2 N–H and O–H groups in total. The molecule has 0 radical (unpaired) electrons. The molecule has 0 aliphatic carbocycles. The minimum atomic E-state index is -4.90. The molecule has 1 heterocycles. The summed E-state index contributed by atoms with van der Waals surface area (Å²) in [4.78, 5) is 12.3. The van der Waals surface area contributed by atoms with Gasteiger partial charge in [-0.2, -0.15) is 13.1 Å². The zero-order chi connectivity index (χ0) is 20.7. The van der Waals surface area contributed by atoms with Gasteiger partial charge in [-0.25, -0.2) is 8.42 Å². The minimum absolute atomic E-state index is 0.147. The molecule has 8 nitrogen and oxygen atoms in total. The summed E-state index contributed by atoms with van der Waals surface area (Å²) in [5.74, 6) is -0.884. The van der Waals surface area contributed by atoms with Gasteiger partial charge in [0.1, 0.15) is 5.75 Å². The van der Waals surface area contributed by atoms with Crippen molar-refractivity contribution in [2.45, 2.75) is 24.8 Å². The number of aryl methyl sites for hydroxylation is 1. The van der Waals surface area contributed by atoms with Crippen molar-refractivity contribution in [1.82, 2.24) is 9.29 Å². The number of aromatic hydroxyl groups is 1. The molecule has 3 rings (SSSR count). The van der Waals surface area contributed by atoms with Crippen LogP contribution in [0.3, 0.4) is 0 Å². The first-order valence-corrected chi connectivity index (χ1v) is 11.7. The first-order valence-electron chi connectivity index (χ1n) is 8.22. The molecule has 28 heavy (non-hydrogen) atoms. The Labute approximate surface area is 161 Å². The average molecular weight is 422 g/mol. The first-order chi connectivity index (χ1) is 13.0. The van der Waals surface area contributed by atoms with E-state index in [1.165, 1.54) is 31.2 Å². The number of para-hydroxylation sites is 1. The molecule has 0 saturated carbocycles. The van der Waals surface area contributed by atoms with Crippen molar-refractivity contribution in [2.75, 3.05) is 0 Å². The molecule has 0 fully saturated rings. The van der Waals surface area contributed by atoms with E-state index in [9.17, 15) is 26.7 Å². The highest BCUT2D eigenvalue weighted by molar-refractivity contribution is 8.66. The molecule has 0 aliphatic heterocycles. The number of hydrogen-bond acceptors (Lipinski definition) is 6. The van der Waals surface area contributed by atoms with Crippen molar-refractivity contribution in [1.29, 1.82) is 0 Å². The van der Waals surface area contributed by atoms with Gasteiger partial charge in [-0.05, 0) is 38.1 Å². The van der Waals surface area contributed by atoms with Crippen LogP contribution in [0.25, 0.3) is 10.9 Å². The largest absolute Gasteiger partial charge is 0.506 e. The van der Waals surface area contributed by atoms with Gasteiger partial charge in [0.05, 0.1) is 22.7 Å². The normalized spacial score (nSPS) is 13.5. The molecule has 2 aromatic carbocycles. The van der Waals surface area contributed by atoms with Gasteiger partial charge in [-0.15, -0.1) is 0 Å². The number of carbonyl (C=O) groups excluding carboxylic acids is 1. The summed E-state index contributed by atoms with van der Waals surface area (Å²) >= 11 is 0. The van der Waals surface area contributed by atoms with Crippen LogP contribution in [-0.2, 0) is 17.9 Å². The number of nitrogens with zero attached hydrogens (tertiary/aromatic N) is 1. The maximum absolute atomic E-state index is 12.7. The third-order valence-electron chi connectivity index (χ3n) is 4.22. The molecule has 0 amide bonds. The van der Waals surface area contributed by atoms with Gasteiger partial charge >= 0.3 is 9.06 Å². The Bertz CT molecular complexity index is 1260. The second-order valence-corrected chi connectivity index (χ2v) is 11.5. The second kappa shape index (κ2) is 7.04. The Kier molecular flexibility index (Phi) is 5.04. The van der Waals surface area contributed by atoms with E-state index < -0.39 is 34.8 Å². The Balaban J connectivity index is 1.91. The molecule has 0 unspecified atom stereocenters. The van der Waals surface area contributed by atoms with Crippen LogP contribution in [0.1, 0.15) is 17.3 Å². The van der Waals surface area contributed by atoms with Crippen molar-refractivity contribution < 1.29 is 26.7 Å². The van der Waals surface area contributed by atoms with Gasteiger partial charge in [0.25, 0.3) is 8.87 Å². The number of hydrogen-bond donors (Lipinski definition) is 2. The lowest BCUT2D eigenvalue weighted by atomic mass is 10.2. The highest BCUT2D eigenvalue weighted by Gasteiger charge is 2.35. The van der Waals surface area contributed by atoms with Gasteiger partial charge in [0.15, 0.2) is 0 Å². The first kappa shape index (κ1) is 20.1. The lowest BCUT2D eigenvalue weighted by Gasteiger charge is -2.14. The summed E-state index contributed by atoms with van der Waals surface area (Å²) in [5.41, 5.74) is 1.14. The lowest BCUT2D eigenvalue weighted by molar-refractivity contribution is 0.0884. The van der Waals surface area contributed by atoms with E-state index in [1.807, 2.05) is 4.72 Å². The monoisotopic (exact) mass is 422 g/mol. The van der Waals surface area contributed by atoms with Crippen LogP contribution in [0, 0.1) is 6.92 Å². The summed E-state index contributed by atoms with van der Waals surface area (Å²) in [5, 5.41) is 10.4. The van der Waals surface area contributed by atoms with Crippen LogP contribution in [-0.4, -0.2) is 38.5 Å². The summed E-state index contributed by atoms with van der Waals surface area (Å²) in [7, 11) is -9.65. The summed E-state index contributed by atoms with van der Waals surface area (Å²) in [6.07, 6.45) is 1.16. The highest BCUT2D eigenvalue weighted by atomic mass is 33.2. The third-order valence-corrected chi connectivity index (χ3v) is 8.89. The number of nitrogens with one attached hydrogen (secondary N) is 1. The maximum atomic E-state index is 12.7. The molecule has 10 heteroatoms. The van der Waals surface area contributed by atoms with Gasteiger partial charge in [-0.3, -0.25) is 9.36 Å². The van der Waals surface area contributed by atoms with Crippen molar-refractivity contribution in [3.05, 3.63) is 60.3 Å². The third kappa shape index (κ3) is 3.41. The van der Waals surface area contributed by atoms with Crippen molar-refractivity contribution in [3.63, 3.8) is 0 Å². The molecule has 0 bridgehead atoms. The predicted octanol–water partition coefficient (Wildman–Crippen LogP) is 1.99. The lowest BCUT2D eigenvalue weighted by Crippen LogP contribution is -2.43. The molecule has 0 spiro atoms. The summed E-state index contributed by atoms with van der Waals surface area (Å²) < 4.78 is 52.8. The maximum Gasteiger partial charge on any atom is 0.322 e. The SMILES string of the molecule is Cc1ccc(S(=O)(=O)S(=O)(=O)N[C@@H](C)C(=O)n2cc(O)c3ccccc32)cc1. The van der Waals surface area contributed by atoms with Gasteiger partial charge in [-0.1, -0.05) is 29.8 Å². The fraction of sp³-hybridized carbons (Fsp3) is 0.167. The molecule has 0 saturated heterocycles. The zero-order valence-electron chi connectivity index (χ0n) is 15.0. The number of rotatable bonds is 5. The van der Waals surface area contributed by atoms with Crippen LogP contribution in [0.4, 0.5) is 0 Å². The van der Waals surface area contributed by atoms with Crippen LogP contribution in [0.2, 0.25) is 0 Å². The summed E-state index contributed by atoms with van der Waals surface area (Å²) in [6.45, 7) is 2.97. The van der Waals surface area contributed by atoms with Gasteiger partial charge in [0.2, 0.25) is 5.91 Å². The fourth-order valence-corrected chi connectivity index (χ4v) is 6.00. The predicted molar refractivity (Wildman–Crippen MR) is 104 cm³/mol. The summed E-state index contributed by atoms with van der Waals surface area (Å²) in [6, 6.07) is 10.5. The molecule has 148 valence electrons. The van der Waals surface area contributed by atoms with E-state index in [2.05, 4.69) is 0 Å². The van der Waals surface area contributed by atoms with E-state index >= 15 is 0 Å². The molecule has 1 aromatic heterocycles. The van der Waals surface area contributed by atoms with Crippen LogP contribution in [0.15, 0.2) is 59.6 Å².